The standard InChI is InChI=1S/C11H15N3O/c1-8-7-14(11(15)13-8)10-5-3-9(12-2)4-6-10/h3-6,8,12H,7H2,1-2H3,(H,13,15). The fraction of sp³-hybridized carbons (Fsp3) is 0.364. The zero-order valence-electron chi connectivity index (χ0n) is 8.95. The van der Waals surface area contributed by atoms with Crippen molar-refractivity contribution in [2.24, 2.45) is 0 Å². The predicted octanol–water partition coefficient (Wildman–Crippen LogP) is 1.65. The molecule has 1 fully saturated rings. The molecular formula is C11H15N3O. The summed E-state index contributed by atoms with van der Waals surface area (Å²) in [5.74, 6) is 0. The second-order valence-electron chi connectivity index (χ2n) is 3.76. The number of hydrogen-bond acceptors (Lipinski definition) is 2. The summed E-state index contributed by atoms with van der Waals surface area (Å²) < 4.78 is 0. The van der Waals surface area contributed by atoms with Crippen LogP contribution in [0.2, 0.25) is 0 Å². The summed E-state index contributed by atoms with van der Waals surface area (Å²) in [6, 6.07) is 8.03. The molecule has 1 unspecified atom stereocenters. The summed E-state index contributed by atoms with van der Waals surface area (Å²) in [7, 11) is 1.87. The highest BCUT2D eigenvalue weighted by atomic mass is 16.2. The van der Waals surface area contributed by atoms with Crippen LogP contribution in [-0.2, 0) is 0 Å². The Labute approximate surface area is 89.3 Å². The molecule has 15 heavy (non-hydrogen) atoms. The third kappa shape index (κ3) is 1.88. The zero-order chi connectivity index (χ0) is 10.8. The molecule has 0 spiro atoms. The molecule has 0 radical (unpaired) electrons. The van der Waals surface area contributed by atoms with Gasteiger partial charge in [0.05, 0.1) is 0 Å². The van der Waals surface area contributed by atoms with Crippen molar-refractivity contribution in [2.45, 2.75) is 13.0 Å². The maximum atomic E-state index is 11.5. The molecule has 2 rings (SSSR count). The van der Waals surface area contributed by atoms with Gasteiger partial charge in [0.25, 0.3) is 0 Å². The van der Waals surface area contributed by atoms with E-state index in [1.54, 1.807) is 4.90 Å². The van der Waals surface area contributed by atoms with Crippen molar-refractivity contribution in [3.8, 4) is 0 Å². The molecule has 0 aliphatic carbocycles. The van der Waals surface area contributed by atoms with E-state index in [1.165, 1.54) is 0 Å². The van der Waals surface area contributed by atoms with Crippen LogP contribution in [-0.4, -0.2) is 25.7 Å². The maximum absolute atomic E-state index is 11.5. The first-order valence-corrected chi connectivity index (χ1v) is 5.06. The second kappa shape index (κ2) is 3.81. The number of urea groups is 1. The summed E-state index contributed by atoms with van der Waals surface area (Å²) in [6.45, 7) is 2.73. The van der Waals surface area contributed by atoms with E-state index in [9.17, 15) is 4.79 Å². The van der Waals surface area contributed by atoms with Crippen molar-refractivity contribution in [1.82, 2.24) is 5.32 Å². The van der Waals surface area contributed by atoms with Crippen LogP contribution in [0, 0.1) is 0 Å². The summed E-state index contributed by atoms with van der Waals surface area (Å²) in [5, 5.41) is 5.91. The molecule has 4 nitrogen and oxygen atoms in total. The Hall–Kier alpha value is -1.71. The molecule has 2 N–H and O–H groups in total. The van der Waals surface area contributed by atoms with Gasteiger partial charge in [0.2, 0.25) is 0 Å². The van der Waals surface area contributed by atoms with Crippen LogP contribution in [0.15, 0.2) is 24.3 Å². The monoisotopic (exact) mass is 205 g/mol. The lowest BCUT2D eigenvalue weighted by Crippen LogP contribution is -2.27. The number of amides is 2. The number of carbonyl (C=O) groups is 1. The van der Waals surface area contributed by atoms with Crippen molar-refractivity contribution in [1.29, 1.82) is 0 Å². The molecule has 1 saturated heterocycles. The van der Waals surface area contributed by atoms with E-state index in [-0.39, 0.29) is 12.1 Å². The lowest BCUT2D eigenvalue weighted by molar-refractivity contribution is 0.251. The van der Waals surface area contributed by atoms with Gasteiger partial charge in [-0.25, -0.2) is 4.79 Å². The molecule has 1 aliphatic rings. The minimum Gasteiger partial charge on any atom is -0.388 e. The molecule has 1 atom stereocenters. The highest BCUT2D eigenvalue weighted by molar-refractivity contribution is 5.94. The predicted molar refractivity (Wildman–Crippen MR) is 61.3 cm³/mol. The zero-order valence-corrected chi connectivity index (χ0v) is 8.95. The average Bonchev–Trinajstić information content (AvgIpc) is 2.58. The van der Waals surface area contributed by atoms with E-state index in [4.69, 9.17) is 0 Å². The van der Waals surface area contributed by atoms with Crippen molar-refractivity contribution in [3.63, 3.8) is 0 Å². The fourth-order valence-electron chi connectivity index (χ4n) is 1.72. The number of anilines is 2. The SMILES string of the molecule is CNc1ccc(N2CC(C)NC2=O)cc1. The van der Waals surface area contributed by atoms with Gasteiger partial charge in [0, 0.05) is 31.0 Å². The number of nitrogens with zero attached hydrogens (tertiary/aromatic N) is 1. The van der Waals surface area contributed by atoms with Gasteiger partial charge < -0.3 is 10.6 Å². The van der Waals surface area contributed by atoms with Crippen LogP contribution in [0.3, 0.4) is 0 Å². The summed E-state index contributed by atoms with van der Waals surface area (Å²) in [4.78, 5) is 13.3. The first-order chi connectivity index (χ1) is 7.20. The lowest BCUT2D eigenvalue weighted by Gasteiger charge is -2.14. The minimum absolute atomic E-state index is 0.0142. The Morgan fingerprint density at radius 3 is 2.53 bits per heavy atom. The number of carbonyl (C=O) groups excluding carboxylic acids is 1. The Bertz CT molecular complexity index is 361. The van der Waals surface area contributed by atoms with Crippen molar-refractivity contribution in [3.05, 3.63) is 24.3 Å². The number of hydrogen-bond donors (Lipinski definition) is 2. The Balaban J connectivity index is 2.19. The maximum Gasteiger partial charge on any atom is 0.322 e. The molecule has 1 aromatic carbocycles. The van der Waals surface area contributed by atoms with E-state index in [1.807, 2.05) is 38.2 Å². The summed E-state index contributed by atoms with van der Waals surface area (Å²) in [6.07, 6.45) is 0. The van der Waals surface area contributed by atoms with Crippen LogP contribution in [0.1, 0.15) is 6.92 Å². The average molecular weight is 205 g/mol. The molecule has 0 saturated carbocycles. The summed E-state index contributed by atoms with van der Waals surface area (Å²) >= 11 is 0. The van der Waals surface area contributed by atoms with Crippen LogP contribution in [0.4, 0.5) is 16.2 Å². The number of benzene rings is 1. The van der Waals surface area contributed by atoms with Crippen molar-refractivity contribution < 1.29 is 4.79 Å². The molecule has 0 bridgehead atoms. The molecule has 0 aromatic heterocycles. The van der Waals surface area contributed by atoms with Crippen LogP contribution in [0.5, 0.6) is 0 Å². The van der Waals surface area contributed by atoms with E-state index < -0.39 is 0 Å². The Kier molecular flexibility index (Phi) is 2.49. The van der Waals surface area contributed by atoms with Crippen LogP contribution >= 0.6 is 0 Å². The smallest absolute Gasteiger partial charge is 0.322 e. The van der Waals surface area contributed by atoms with Gasteiger partial charge in [-0.3, -0.25) is 4.90 Å². The van der Waals surface area contributed by atoms with Crippen LogP contribution in [0.25, 0.3) is 0 Å². The second-order valence-corrected chi connectivity index (χ2v) is 3.76. The lowest BCUT2D eigenvalue weighted by atomic mass is 10.2. The molecule has 1 aromatic rings. The number of nitrogens with one attached hydrogen (secondary N) is 2. The van der Waals surface area contributed by atoms with Gasteiger partial charge in [-0.2, -0.15) is 0 Å². The quantitative estimate of drug-likeness (QED) is 0.771. The molecule has 4 heteroatoms. The third-order valence-corrected chi connectivity index (χ3v) is 2.54. The fourth-order valence-corrected chi connectivity index (χ4v) is 1.72. The van der Waals surface area contributed by atoms with Gasteiger partial charge in [0.15, 0.2) is 0 Å². The molecule has 1 heterocycles. The van der Waals surface area contributed by atoms with E-state index in [0.717, 1.165) is 17.9 Å². The van der Waals surface area contributed by atoms with Crippen LogP contribution < -0.4 is 15.5 Å². The molecule has 1 aliphatic heterocycles. The molecule has 2 amide bonds. The minimum atomic E-state index is -0.0142. The molecule has 80 valence electrons. The van der Waals surface area contributed by atoms with Gasteiger partial charge in [-0.1, -0.05) is 0 Å². The van der Waals surface area contributed by atoms with Crippen molar-refractivity contribution in [2.75, 3.05) is 23.8 Å². The topological polar surface area (TPSA) is 44.4 Å². The first-order valence-electron chi connectivity index (χ1n) is 5.06. The molecular weight excluding hydrogens is 190 g/mol. The van der Waals surface area contributed by atoms with E-state index in [0.29, 0.717) is 0 Å². The highest BCUT2D eigenvalue weighted by Gasteiger charge is 2.26. The van der Waals surface area contributed by atoms with Crippen molar-refractivity contribution >= 4 is 17.4 Å². The van der Waals surface area contributed by atoms with Gasteiger partial charge in [-0.05, 0) is 31.2 Å². The van der Waals surface area contributed by atoms with Gasteiger partial charge in [0.1, 0.15) is 0 Å². The third-order valence-electron chi connectivity index (χ3n) is 2.54. The Morgan fingerprint density at radius 2 is 2.07 bits per heavy atom. The van der Waals surface area contributed by atoms with Gasteiger partial charge >= 0.3 is 6.03 Å². The highest BCUT2D eigenvalue weighted by Crippen LogP contribution is 2.20. The summed E-state index contributed by atoms with van der Waals surface area (Å²) in [5.41, 5.74) is 1.99. The number of rotatable bonds is 2. The first kappa shape index (κ1) is 9.83. The largest absolute Gasteiger partial charge is 0.388 e. The Morgan fingerprint density at radius 1 is 1.40 bits per heavy atom. The van der Waals surface area contributed by atoms with Gasteiger partial charge in [-0.15, -0.1) is 0 Å². The van der Waals surface area contributed by atoms with E-state index >= 15 is 0 Å². The van der Waals surface area contributed by atoms with E-state index in [2.05, 4.69) is 10.6 Å². The normalized spacial score (nSPS) is 20.3.